The van der Waals surface area contributed by atoms with Crippen LogP contribution in [0.2, 0.25) is 0 Å². The second-order valence-electron chi connectivity index (χ2n) is 4.37. The van der Waals surface area contributed by atoms with Crippen LogP contribution in [0, 0.1) is 18.3 Å². The Labute approximate surface area is 134 Å². The van der Waals surface area contributed by atoms with Crippen LogP contribution in [0.25, 0.3) is 5.57 Å². The van der Waals surface area contributed by atoms with Crippen LogP contribution in [0.1, 0.15) is 51.3 Å². The third-order valence-corrected chi connectivity index (χ3v) is 3.31. The minimum Gasteiger partial charge on any atom is -0.192 e. The fourth-order valence-electron chi connectivity index (χ4n) is 1.82. The summed E-state index contributed by atoms with van der Waals surface area (Å²) in [5, 5.41) is 9.61. The van der Waals surface area contributed by atoms with Crippen molar-refractivity contribution in [3.8, 4) is 6.07 Å². The van der Waals surface area contributed by atoms with Gasteiger partial charge in [-0.3, -0.25) is 0 Å². The predicted octanol–water partition coefficient (Wildman–Crippen LogP) is 6.39. The van der Waals surface area contributed by atoms with Gasteiger partial charge >= 0.3 is 0 Å². The molecule has 0 aliphatic rings. The molecule has 1 aromatic rings. The molecule has 0 aliphatic carbocycles. The summed E-state index contributed by atoms with van der Waals surface area (Å²) in [7, 11) is 0. The lowest BCUT2D eigenvalue weighted by molar-refractivity contribution is 1.38. The van der Waals surface area contributed by atoms with Crippen molar-refractivity contribution < 1.29 is 0 Å². The molecule has 0 fully saturated rings. The van der Waals surface area contributed by atoms with Gasteiger partial charge in [0.05, 0.1) is 11.6 Å². The minimum absolute atomic E-state index is 0.668. The average Bonchev–Trinajstić information content (AvgIpc) is 2.51. The van der Waals surface area contributed by atoms with Gasteiger partial charge in [-0.25, -0.2) is 0 Å². The number of nitrogens with zero attached hydrogens (tertiary/aromatic N) is 1. The summed E-state index contributed by atoms with van der Waals surface area (Å²) in [6.45, 7) is 12.0. The highest BCUT2D eigenvalue weighted by Crippen LogP contribution is 2.29. The zero-order valence-electron chi connectivity index (χ0n) is 13.8. The van der Waals surface area contributed by atoms with Crippen molar-refractivity contribution in [2.45, 2.75) is 41.5 Å². The molecule has 0 atom stereocenters. The second kappa shape index (κ2) is 10.0. The Balaban J connectivity index is 0.00000191. The molecule has 1 nitrogen and oxygen atoms in total. The van der Waals surface area contributed by atoms with Crippen LogP contribution in [0.5, 0.6) is 0 Å². The lowest BCUT2D eigenvalue weighted by Crippen LogP contribution is -1.91. The molecule has 0 radical (unpaired) electrons. The van der Waals surface area contributed by atoms with Crippen LogP contribution in [0.15, 0.2) is 47.0 Å². The number of hydrogen-bond donors (Lipinski definition) is 0. The van der Waals surface area contributed by atoms with E-state index in [1.54, 1.807) is 0 Å². The number of benzene rings is 1. The van der Waals surface area contributed by atoms with Crippen molar-refractivity contribution in [2.24, 2.45) is 0 Å². The number of nitriles is 1. The Morgan fingerprint density at radius 2 is 1.81 bits per heavy atom. The first-order valence-corrected chi connectivity index (χ1v) is 7.59. The standard InChI is InChI=1S/C17H18ClN.C2H6/c1-5-12(3)9-17(18)15(6-2)16-8-7-14(11-19)10-13(16)4;1-2/h5-10H,1-4H3;1-2H3/b12-5-,15-6-,17-9+;. The molecule has 0 heterocycles. The van der Waals surface area contributed by atoms with Crippen LogP contribution in [-0.4, -0.2) is 0 Å². The molecule has 0 spiro atoms. The first-order chi connectivity index (χ1) is 10.0. The Bertz CT molecular complexity index is 598. The lowest BCUT2D eigenvalue weighted by Gasteiger charge is -2.10. The maximum Gasteiger partial charge on any atom is 0.0991 e. The van der Waals surface area contributed by atoms with Gasteiger partial charge in [-0.15, -0.1) is 0 Å². The van der Waals surface area contributed by atoms with E-state index in [4.69, 9.17) is 16.9 Å². The molecule has 1 rings (SSSR count). The monoisotopic (exact) mass is 301 g/mol. The summed E-state index contributed by atoms with van der Waals surface area (Å²) in [6, 6.07) is 7.79. The summed E-state index contributed by atoms with van der Waals surface area (Å²) >= 11 is 6.39. The molecule has 0 aromatic heterocycles. The first-order valence-electron chi connectivity index (χ1n) is 7.21. The van der Waals surface area contributed by atoms with Crippen molar-refractivity contribution in [2.75, 3.05) is 0 Å². The van der Waals surface area contributed by atoms with Gasteiger partial charge in [0.1, 0.15) is 0 Å². The summed E-state index contributed by atoms with van der Waals surface area (Å²) in [5.41, 5.74) is 4.89. The highest BCUT2D eigenvalue weighted by molar-refractivity contribution is 6.37. The molecule has 0 saturated carbocycles. The Morgan fingerprint density at radius 3 is 2.24 bits per heavy atom. The molecule has 112 valence electrons. The van der Waals surface area contributed by atoms with E-state index in [0.717, 1.165) is 22.3 Å². The van der Waals surface area contributed by atoms with E-state index >= 15 is 0 Å². The van der Waals surface area contributed by atoms with Gasteiger partial charge in [0, 0.05) is 5.03 Å². The topological polar surface area (TPSA) is 23.8 Å². The third-order valence-electron chi connectivity index (χ3n) is 3.00. The highest BCUT2D eigenvalue weighted by atomic mass is 35.5. The summed E-state index contributed by atoms with van der Waals surface area (Å²) in [5.74, 6) is 0. The molecule has 0 bridgehead atoms. The highest BCUT2D eigenvalue weighted by Gasteiger charge is 2.08. The zero-order chi connectivity index (χ0) is 16.4. The van der Waals surface area contributed by atoms with Crippen LogP contribution in [0.4, 0.5) is 0 Å². The van der Waals surface area contributed by atoms with Crippen LogP contribution >= 0.6 is 11.6 Å². The number of halogens is 1. The zero-order valence-corrected chi connectivity index (χ0v) is 14.5. The molecule has 0 amide bonds. The maximum absolute atomic E-state index is 8.90. The van der Waals surface area contributed by atoms with E-state index in [2.05, 4.69) is 6.07 Å². The summed E-state index contributed by atoms with van der Waals surface area (Å²) in [4.78, 5) is 0. The van der Waals surface area contributed by atoms with Gasteiger partial charge in [0.2, 0.25) is 0 Å². The van der Waals surface area contributed by atoms with Gasteiger partial charge in [-0.1, -0.05) is 49.2 Å². The Morgan fingerprint density at radius 1 is 1.19 bits per heavy atom. The van der Waals surface area contributed by atoms with Gasteiger partial charge in [0.15, 0.2) is 0 Å². The first kappa shape index (κ1) is 19.2. The number of rotatable bonds is 3. The van der Waals surface area contributed by atoms with E-state index in [9.17, 15) is 0 Å². The Hall–Kier alpha value is -1.78. The molecular formula is C19H24ClN. The van der Waals surface area contributed by atoms with Gasteiger partial charge in [0.25, 0.3) is 0 Å². The van der Waals surface area contributed by atoms with Crippen LogP contribution in [0.3, 0.4) is 0 Å². The van der Waals surface area contributed by atoms with Gasteiger partial charge < -0.3 is 0 Å². The number of allylic oxidation sites excluding steroid dienone is 6. The minimum atomic E-state index is 0.668. The molecule has 0 unspecified atom stereocenters. The predicted molar refractivity (Wildman–Crippen MR) is 94.3 cm³/mol. The van der Waals surface area contributed by atoms with Crippen molar-refractivity contribution in [3.05, 3.63) is 63.7 Å². The van der Waals surface area contributed by atoms with Crippen molar-refractivity contribution >= 4 is 17.2 Å². The van der Waals surface area contributed by atoms with Crippen LogP contribution in [-0.2, 0) is 0 Å². The van der Waals surface area contributed by atoms with Crippen molar-refractivity contribution in [3.63, 3.8) is 0 Å². The van der Waals surface area contributed by atoms with Crippen LogP contribution < -0.4 is 0 Å². The average molecular weight is 302 g/mol. The van der Waals surface area contributed by atoms with E-state index in [0.29, 0.717) is 10.6 Å². The van der Waals surface area contributed by atoms with Gasteiger partial charge in [-0.2, -0.15) is 5.26 Å². The van der Waals surface area contributed by atoms with E-state index < -0.39 is 0 Å². The molecular weight excluding hydrogens is 278 g/mol. The summed E-state index contributed by atoms with van der Waals surface area (Å²) in [6.07, 6.45) is 5.96. The fourth-order valence-corrected chi connectivity index (χ4v) is 2.20. The molecule has 0 aliphatic heterocycles. The van der Waals surface area contributed by atoms with E-state index in [1.165, 1.54) is 0 Å². The normalized spacial score (nSPS) is 12.4. The largest absolute Gasteiger partial charge is 0.192 e. The lowest BCUT2D eigenvalue weighted by atomic mass is 9.97. The van der Waals surface area contributed by atoms with Gasteiger partial charge in [-0.05, 0) is 62.6 Å². The number of hydrogen-bond acceptors (Lipinski definition) is 1. The van der Waals surface area contributed by atoms with E-state index in [1.807, 2.05) is 78.0 Å². The van der Waals surface area contributed by atoms with E-state index in [-0.39, 0.29) is 0 Å². The Kier molecular flexibility index (Phi) is 9.17. The fraction of sp³-hybridized carbons (Fsp3) is 0.316. The maximum atomic E-state index is 8.90. The summed E-state index contributed by atoms with van der Waals surface area (Å²) < 4.78 is 0. The molecule has 1 aromatic carbocycles. The third kappa shape index (κ3) is 5.61. The molecule has 0 N–H and O–H groups in total. The molecule has 21 heavy (non-hydrogen) atoms. The molecule has 0 saturated heterocycles. The van der Waals surface area contributed by atoms with Crippen molar-refractivity contribution in [1.82, 2.24) is 0 Å². The smallest absolute Gasteiger partial charge is 0.0991 e. The number of aryl methyl sites for hydroxylation is 1. The SMILES string of the molecule is CC.C\C=C(C)/C=C(Cl)\C(=C/C)c1ccc(C#N)cc1C. The molecule has 2 heteroatoms. The quantitative estimate of drug-likeness (QED) is 0.594. The van der Waals surface area contributed by atoms with Crippen molar-refractivity contribution in [1.29, 1.82) is 5.26 Å². The second-order valence-corrected chi connectivity index (χ2v) is 4.78.